The van der Waals surface area contributed by atoms with Crippen molar-refractivity contribution in [3.63, 3.8) is 0 Å². The van der Waals surface area contributed by atoms with E-state index in [2.05, 4.69) is 216 Å². The number of thioether (sulfide) groups is 6. The van der Waals surface area contributed by atoms with Gasteiger partial charge in [0.1, 0.15) is 0 Å². The van der Waals surface area contributed by atoms with E-state index in [0.29, 0.717) is 0 Å². The maximum absolute atomic E-state index is 4.81. The summed E-state index contributed by atoms with van der Waals surface area (Å²) in [5.74, 6) is 25.5. The lowest BCUT2D eigenvalue weighted by Crippen LogP contribution is -1.97. The van der Waals surface area contributed by atoms with Crippen molar-refractivity contribution in [3.05, 3.63) is 279 Å². The van der Waals surface area contributed by atoms with Crippen molar-refractivity contribution in [1.29, 1.82) is 0 Å². The zero-order valence-corrected chi connectivity index (χ0v) is 68.9. The first-order valence-electron chi connectivity index (χ1n) is 30.9. The Balaban J connectivity index is 0.000000172. The van der Waals surface area contributed by atoms with Crippen molar-refractivity contribution in [2.45, 2.75) is 142 Å². The van der Waals surface area contributed by atoms with Crippen LogP contribution in [0.1, 0.15) is 134 Å². The molecule has 8 heterocycles. The predicted molar refractivity (Wildman–Crippen MR) is 458 cm³/mol. The van der Waals surface area contributed by atoms with Gasteiger partial charge in [-0.3, -0.25) is 0 Å². The average molecular weight is 1630 g/mol. The van der Waals surface area contributed by atoms with Crippen LogP contribution in [-0.2, 0) is 138 Å². The second kappa shape index (κ2) is 40.3. The summed E-state index contributed by atoms with van der Waals surface area (Å²) in [4.78, 5) is 0. The van der Waals surface area contributed by atoms with E-state index in [1.54, 1.807) is 0 Å². The van der Waals surface area contributed by atoms with Gasteiger partial charge in [-0.25, -0.2) is 0 Å². The van der Waals surface area contributed by atoms with E-state index in [0.717, 1.165) is 138 Å². The average Bonchev–Trinajstić information content (AvgIpc) is 1.42. The van der Waals surface area contributed by atoms with Crippen LogP contribution in [0.4, 0.5) is 0 Å². The minimum absolute atomic E-state index is 0.750. The van der Waals surface area contributed by atoms with Gasteiger partial charge < -0.3 is 0 Å². The van der Waals surface area contributed by atoms with Crippen LogP contribution in [0.15, 0.2) is 146 Å². The van der Waals surface area contributed by atoms with Crippen molar-refractivity contribution in [3.8, 4) is 0 Å². The Morgan fingerprint density at radius 1 is 0.138 bits per heavy atom. The van der Waals surface area contributed by atoms with Crippen molar-refractivity contribution >= 4 is 235 Å². The van der Waals surface area contributed by atoms with E-state index in [9.17, 15) is 0 Å². The lowest BCUT2D eigenvalue weighted by Gasteiger charge is -2.15. The maximum atomic E-state index is 4.81. The first-order valence-corrected chi connectivity index (χ1v) is 54.1. The molecule has 0 aromatic heterocycles. The van der Waals surface area contributed by atoms with Crippen molar-refractivity contribution in [2.75, 3.05) is 0 Å². The van der Waals surface area contributed by atoms with E-state index in [-0.39, 0.29) is 0 Å². The van der Waals surface area contributed by atoms with Crippen molar-refractivity contribution < 1.29 is 0 Å². The summed E-state index contributed by atoms with van der Waals surface area (Å²) in [6, 6.07) is 59.5. The molecule has 8 aliphatic heterocycles. The molecule has 21 heteroatoms. The smallest absolute Gasteiger partial charge is 0.152 e. The Labute approximate surface area is 647 Å². The summed E-state index contributed by atoms with van der Waals surface area (Å²) in [6.07, 6.45) is 0. The Kier molecular flexibility index (Phi) is 32.0. The molecule has 94 heavy (non-hydrogen) atoms. The quantitative estimate of drug-likeness (QED) is 0.104. The van der Waals surface area contributed by atoms with Gasteiger partial charge in [-0.1, -0.05) is 310 Å². The number of halogens is 3. The molecule has 16 rings (SSSR count). The molecule has 0 saturated carbocycles. The van der Waals surface area contributed by atoms with Gasteiger partial charge in [0.2, 0.25) is 0 Å². The van der Waals surface area contributed by atoms with E-state index in [4.69, 9.17) is 34.8 Å². The molecular formula is C73H73Cl3S18. The molecule has 0 saturated heterocycles. The van der Waals surface area contributed by atoms with Gasteiger partial charge in [0.15, 0.2) is 4.30 Å². The maximum Gasteiger partial charge on any atom is 0.180 e. The largest absolute Gasteiger partial charge is 0.180 e. The number of alkyl halides is 3. The highest BCUT2D eigenvalue weighted by Crippen LogP contribution is 2.42. The molecule has 0 aliphatic carbocycles. The Bertz CT molecular complexity index is 2840. The summed E-state index contributed by atoms with van der Waals surface area (Å²) in [6.45, 7) is 0. The van der Waals surface area contributed by atoms with Crippen LogP contribution in [0.2, 0.25) is 0 Å². The summed E-state index contributed by atoms with van der Waals surface area (Å²) in [5, 5.41) is 0. The molecule has 0 spiro atoms. The third-order valence-electron chi connectivity index (χ3n) is 15.3. The van der Waals surface area contributed by atoms with Gasteiger partial charge >= 0.3 is 0 Å². The third kappa shape index (κ3) is 25.7. The van der Waals surface area contributed by atoms with Crippen LogP contribution in [0.25, 0.3) is 0 Å². The van der Waals surface area contributed by atoms with E-state index in [1.807, 2.05) is 130 Å². The monoisotopic (exact) mass is 1630 g/mol. The van der Waals surface area contributed by atoms with Crippen LogP contribution < -0.4 is 0 Å². The van der Waals surface area contributed by atoms with E-state index in [1.165, 1.54) is 134 Å². The van der Waals surface area contributed by atoms with Crippen LogP contribution in [0.5, 0.6) is 0 Å². The minimum Gasteiger partial charge on any atom is -0.152 e. The molecular weight excluding hydrogens is 1560 g/mol. The van der Waals surface area contributed by atoms with Gasteiger partial charge in [-0.15, -0.1) is 0 Å². The van der Waals surface area contributed by atoms with Crippen molar-refractivity contribution in [1.82, 2.24) is 0 Å². The molecule has 0 radical (unpaired) electrons. The van der Waals surface area contributed by atoms with Gasteiger partial charge in [-0.2, -0.15) is 70.6 Å². The molecule has 0 amide bonds. The second-order valence-electron chi connectivity index (χ2n) is 23.6. The summed E-state index contributed by atoms with van der Waals surface area (Å²) in [7, 11) is 24.2. The number of hydrogen-bond donors (Lipinski definition) is 0. The fraction of sp³-hybridized carbons (Fsp3) is 0.342. The van der Waals surface area contributed by atoms with Gasteiger partial charge in [-0.05, 0) is 134 Å². The van der Waals surface area contributed by atoms with Crippen LogP contribution >= 0.6 is 235 Å². The lowest BCUT2D eigenvalue weighted by molar-refractivity contribution is 1.22. The molecule has 8 aromatic rings. The zero-order chi connectivity index (χ0) is 64.1. The zero-order valence-electron chi connectivity index (χ0n) is 51.9. The first-order chi connectivity index (χ1) is 46.1. The predicted octanol–water partition coefficient (Wildman–Crippen LogP) is 28.3. The highest BCUT2D eigenvalue weighted by Gasteiger charge is 2.16. The Morgan fingerprint density at radius 3 is 0.277 bits per heavy atom. The number of rotatable bonds is 0. The Morgan fingerprint density at radius 2 is 0.202 bits per heavy atom. The topological polar surface area (TPSA) is 0 Å². The molecule has 0 N–H and O–H groups in total. The summed E-state index contributed by atoms with van der Waals surface area (Å²) >= 11 is 26.9. The molecule has 8 aromatic carbocycles. The Hall–Kier alpha value is 0.930. The second-order valence-corrected chi connectivity index (χ2v) is 46.3. The standard InChI is InChI=1S/C36H36S12.C36H36S6.CHCl3/c1-25-2-27-3-26(1)14-38-40-17-29-5-31-9-33(7-29)22-46-48-24-36-11-34(18-42-41-15-27)10-35(12-36)23-47-45-21-32-6-28(16-39-37-13-25)4-30(8-32)19-43-44-20-31;1-25-2-27-3-26(1)14-38-17-29-5-31-9-33(7-29)22-42-24-36-11-34(18-39-15-27)10-35(12-36)23-41-21-32-6-28(16-37-13-25)4-30(8-32)19-40-20-31;2-1(3)4/h1-12H,13-24H2;1-12H,13-24H2;1H. The summed E-state index contributed by atoms with van der Waals surface area (Å²) in [5.41, 5.74) is 35.4. The third-order valence-corrected chi connectivity index (χ3v) is 35.4. The van der Waals surface area contributed by atoms with Crippen LogP contribution in [0.3, 0.4) is 0 Å². The van der Waals surface area contributed by atoms with E-state index >= 15 is 0 Å². The lowest BCUT2D eigenvalue weighted by atomic mass is 10.1. The number of benzene rings is 8. The molecule has 0 atom stereocenters. The molecule has 24 bridgehead atoms. The molecule has 0 nitrogen and oxygen atoms in total. The fourth-order valence-electron chi connectivity index (χ4n) is 11.8. The number of hydrogen-bond acceptors (Lipinski definition) is 18. The molecule has 0 fully saturated rings. The molecule has 494 valence electrons. The van der Waals surface area contributed by atoms with Gasteiger partial charge in [0.25, 0.3) is 0 Å². The minimum atomic E-state index is -0.750. The SMILES string of the molecule is ClC(Cl)Cl.c1c2cc3cc1CSCc1cc4cc(c1)CSCc1cc(cc(c1)CSCc1cc(cc(c1)CSC4)CSC2)CSC3.c1c2cc3cc1CSSCc1cc4cc(c1)CSSCc1cc(cc(c1)CSSCc1cc(cc(c1)CSSC4)CSSC2)CSSC3. The summed E-state index contributed by atoms with van der Waals surface area (Å²) < 4.78 is -0.750. The highest BCUT2D eigenvalue weighted by molar-refractivity contribution is 8.77. The van der Waals surface area contributed by atoms with Crippen molar-refractivity contribution in [2.24, 2.45) is 0 Å². The highest BCUT2D eigenvalue weighted by atomic mass is 35.6. The fourth-order valence-corrected chi connectivity index (χ4v) is 29.7. The normalized spacial score (nSPS) is 17.7. The van der Waals surface area contributed by atoms with Crippen LogP contribution in [0, 0.1) is 0 Å². The first kappa shape index (κ1) is 74.6. The van der Waals surface area contributed by atoms with E-state index < -0.39 is 4.30 Å². The van der Waals surface area contributed by atoms with Gasteiger partial charge in [0.05, 0.1) is 0 Å². The van der Waals surface area contributed by atoms with Gasteiger partial charge in [0, 0.05) is 138 Å². The molecule has 0 unspecified atom stereocenters. The number of fused-ring (bicyclic) bond motifs is 30. The molecule has 8 aliphatic rings. The van der Waals surface area contributed by atoms with Crippen LogP contribution in [-0.4, -0.2) is 4.30 Å².